The quantitative estimate of drug-likeness (QED) is 0.660. The van der Waals surface area contributed by atoms with Crippen LogP contribution in [0.2, 0.25) is 0 Å². The van der Waals surface area contributed by atoms with Gasteiger partial charge in [0.2, 0.25) is 0 Å². The van der Waals surface area contributed by atoms with Crippen LogP contribution >= 0.6 is 0 Å². The molecule has 0 saturated carbocycles. The molecule has 0 aliphatic carbocycles. The maximum atomic E-state index is 11.0. The minimum atomic E-state index is -0.796. The fraction of sp³-hybridized carbons (Fsp3) is 0.500. The van der Waals surface area contributed by atoms with Gasteiger partial charge in [0.25, 0.3) is 0 Å². The number of aliphatic carboxylic acids is 1. The average Bonchev–Trinajstić information content (AvgIpc) is 2.39. The van der Waals surface area contributed by atoms with Crippen molar-refractivity contribution in [2.45, 2.75) is 45.4 Å². The summed E-state index contributed by atoms with van der Waals surface area (Å²) in [6.07, 6.45) is 2.56. The molecule has 4 heteroatoms. The topological polar surface area (TPSA) is 69.6 Å². The van der Waals surface area contributed by atoms with E-state index in [1.54, 1.807) is 0 Å². The number of hydrogen-bond donors (Lipinski definition) is 3. The second kappa shape index (κ2) is 7.84. The zero-order valence-corrected chi connectivity index (χ0v) is 10.7. The number of benzene rings is 1. The lowest BCUT2D eigenvalue weighted by molar-refractivity contribution is -0.139. The van der Waals surface area contributed by atoms with E-state index in [1.807, 2.05) is 31.2 Å². The van der Waals surface area contributed by atoms with Gasteiger partial charge in [-0.3, -0.25) is 4.79 Å². The Morgan fingerprint density at radius 1 is 1.28 bits per heavy atom. The van der Waals surface area contributed by atoms with Crippen LogP contribution < -0.4 is 5.32 Å². The van der Waals surface area contributed by atoms with E-state index in [0.717, 1.165) is 24.0 Å². The Labute approximate surface area is 108 Å². The van der Waals surface area contributed by atoms with Crippen molar-refractivity contribution in [1.82, 2.24) is 5.32 Å². The van der Waals surface area contributed by atoms with Crippen molar-refractivity contribution in [3.63, 3.8) is 0 Å². The summed E-state index contributed by atoms with van der Waals surface area (Å²) < 4.78 is 0. The molecule has 0 spiro atoms. The van der Waals surface area contributed by atoms with E-state index in [0.29, 0.717) is 13.0 Å². The zero-order chi connectivity index (χ0) is 13.4. The molecule has 0 radical (unpaired) electrons. The van der Waals surface area contributed by atoms with Crippen molar-refractivity contribution in [1.29, 1.82) is 0 Å². The normalized spacial score (nSPS) is 12.3. The van der Waals surface area contributed by atoms with Gasteiger partial charge in [-0.05, 0) is 17.5 Å². The lowest BCUT2D eigenvalue weighted by atomic mass is 10.1. The fourth-order valence-corrected chi connectivity index (χ4v) is 1.72. The zero-order valence-electron chi connectivity index (χ0n) is 10.7. The number of unbranched alkanes of at least 4 members (excludes halogenated alkanes) is 1. The molecule has 1 rings (SSSR count). The van der Waals surface area contributed by atoms with Gasteiger partial charge >= 0.3 is 5.97 Å². The van der Waals surface area contributed by atoms with Crippen LogP contribution in [0.4, 0.5) is 0 Å². The highest BCUT2D eigenvalue weighted by atomic mass is 16.4. The first-order chi connectivity index (χ1) is 8.67. The first-order valence-corrected chi connectivity index (χ1v) is 6.32. The number of rotatable bonds is 8. The van der Waals surface area contributed by atoms with Crippen molar-refractivity contribution in [3.8, 4) is 0 Å². The third kappa shape index (κ3) is 4.85. The lowest BCUT2D eigenvalue weighted by Crippen LogP contribution is -2.36. The highest BCUT2D eigenvalue weighted by Crippen LogP contribution is 2.06. The maximum absolute atomic E-state index is 11.0. The van der Waals surface area contributed by atoms with E-state index in [4.69, 9.17) is 10.2 Å². The van der Waals surface area contributed by atoms with Crippen molar-refractivity contribution in [3.05, 3.63) is 35.4 Å². The first-order valence-electron chi connectivity index (χ1n) is 6.32. The third-order valence-electron chi connectivity index (χ3n) is 2.90. The van der Waals surface area contributed by atoms with Crippen LogP contribution in [0.1, 0.15) is 37.3 Å². The molecule has 4 nitrogen and oxygen atoms in total. The third-order valence-corrected chi connectivity index (χ3v) is 2.90. The van der Waals surface area contributed by atoms with Crippen LogP contribution in [0.15, 0.2) is 24.3 Å². The van der Waals surface area contributed by atoms with Crippen LogP contribution in [0.5, 0.6) is 0 Å². The Kier molecular flexibility index (Phi) is 6.39. The van der Waals surface area contributed by atoms with Crippen molar-refractivity contribution >= 4 is 5.97 Å². The molecule has 0 aromatic heterocycles. The Morgan fingerprint density at radius 3 is 2.39 bits per heavy atom. The van der Waals surface area contributed by atoms with Gasteiger partial charge in [0.05, 0.1) is 6.61 Å². The number of carboxylic acid groups (broad SMARTS) is 1. The van der Waals surface area contributed by atoms with Gasteiger partial charge in [-0.1, -0.05) is 44.0 Å². The maximum Gasteiger partial charge on any atom is 0.320 e. The Balaban J connectivity index is 2.47. The van der Waals surface area contributed by atoms with Gasteiger partial charge in [-0.2, -0.15) is 0 Å². The van der Waals surface area contributed by atoms with Gasteiger partial charge < -0.3 is 15.5 Å². The highest BCUT2D eigenvalue weighted by Gasteiger charge is 2.15. The molecule has 1 atom stereocenters. The van der Waals surface area contributed by atoms with E-state index < -0.39 is 12.0 Å². The number of carbonyl (C=O) groups is 1. The number of hydrogen-bond acceptors (Lipinski definition) is 3. The molecule has 0 bridgehead atoms. The molecular formula is C14H21NO3. The average molecular weight is 251 g/mol. The Hall–Kier alpha value is -1.39. The number of nitrogens with one attached hydrogen (secondary N) is 1. The molecule has 0 saturated heterocycles. The molecule has 18 heavy (non-hydrogen) atoms. The second-order valence-corrected chi connectivity index (χ2v) is 4.39. The summed E-state index contributed by atoms with van der Waals surface area (Å²) in [7, 11) is 0. The van der Waals surface area contributed by atoms with E-state index in [1.165, 1.54) is 0 Å². The second-order valence-electron chi connectivity index (χ2n) is 4.39. The molecule has 0 aliphatic heterocycles. The number of carboxylic acids is 1. The summed E-state index contributed by atoms with van der Waals surface area (Å²) in [5.41, 5.74) is 1.88. The van der Waals surface area contributed by atoms with Crippen molar-refractivity contribution in [2.75, 3.05) is 0 Å². The lowest BCUT2D eigenvalue weighted by Gasteiger charge is -2.14. The SMILES string of the molecule is CCCCC(NCc1ccc(CO)cc1)C(=O)O. The summed E-state index contributed by atoms with van der Waals surface area (Å²) in [6.45, 7) is 2.61. The predicted octanol–water partition coefficient (Wildman–Crippen LogP) is 1.91. The van der Waals surface area contributed by atoms with Crippen LogP contribution in [0.3, 0.4) is 0 Å². The van der Waals surface area contributed by atoms with E-state index >= 15 is 0 Å². The molecule has 3 N–H and O–H groups in total. The molecule has 1 aromatic carbocycles. The minimum absolute atomic E-state index is 0.0297. The Morgan fingerprint density at radius 2 is 1.89 bits per heavy atom. The van der Waals surface area contributed by atoms with Gasteiger partial charge in [-0.25, -0.2) is 0 Å². The highest BCUT2D eigenvalue weighted by molar-refractivity contribution is 5.73. The predicted molar refractivity (Wildman–Crippen MR) is 70.2 cm³/mol. The van der Waals surface area contributed by atoms with Crippen molar-refractivity contribution < 1.29 is 15.0 Å². The van der Waals surface area contributed by atoms with E-state index in [9.17, 15) is 4.79 Å². The Bertz CT molecular complexity index is 362. The molecule has 0 aliphatic rings. The molecule has 1 aromatic rings. The van der Waals surface area contributed by atoms with Crippen LogP contribution in [0, 0.1) is 0 Å². The van der Waals surface area contributed by atoms with E-state index in [2.05, 4.69) is 5.32 Å². The van der Waals surface area contributed by atoms with Crippen LogP contribution in [-0.2, 0) is 17.9 Å². The molecule has 100 valence electrons. The van der Waals surface area contributed by atoms with Crippen molar-refractivity contribution in [2.24, 2.45) is 0 Å². The molecule has 0 heterocycles. The summed E-state index contributed by atoms with van der Waals surface area (Å²) in [6, 6.07) is 7.01. The monoisotopic (exact) mass is 251 g/mol. The molecule has 1 unspecified atom stereocenters. The van der Waals surface area contributed by atoms with Crippen LogP contribution in [-0.4, -0.2) is 22.2 Å². The largest absolute Gasteiger partial charge is 0.480 e. The van der Waals surface area contributed by atoms with Gasteiger partial charge in [0, 0.05) is 6.54 Å². The molecule has 0 amide bonds. The summed E-state index contributed by atoms with van der Waals surface area (Å²) >= 11 is 0. The number of aliphatic hydroxyl groups excluding tert-OH is 1. The van der Waals surface area contributed by atoms with Gasteiger partial charge in [-0.15, -0.1) is 0 Å². The van der Waals surface area contributed by atoms with Gasteiger partial charge in [0.1, 0.15) is 6.04 Å². The van der Waals surface area contributed by atoms with Crippen LogP contribution in [0.25, 0.3) is 0 Å². The smallest absolute Gasteiger partial charge is 0.320 e. The minimum Gasteiger partial charge on any atom is -0.480 e. The summed E-state index contributed by atoms with van der Waals surface area (Å²) in [4.78, 5) is 11.0. The summed E-state index contributed by atoms with van der Waals surface area (Å²) in [5, 5.41) is 21.0. The standard InChI is InChI=1S/C14H21NO3/c1-2-3-4-13(14(17)18)15-9-11-5-7-12(10-16)8-6-11/h5-8,13,15-16H,2-4,9-10H2,1H3,(H,17,18). The fourth-order valence-electron chi connectivity index (χ4n) is 1.72. The van der Waals surface area contributed by atoms with Gasteiger partial charge in [0.15, 0.2) is 0 Å². The molecular weight excluding hydrogens is 230 g/mol. The summed E-state index contributed by atoms with van der Waals surface area (Å²) in [5.74, 6) is -0.796. The number of aliphatic hydroxyl groups is 1. The molecule has 0 fully saturated rings. The first kappa shape index (κ1) is 14.7. The van der Waals surface area contributed by atoms with E-state index in [-0.39, 0.29) is 6.61 Å².